The van der Waals surface area contributed by atoms with Crippen LogP contribution in [0.15, 0.2) is 17.9 Å². The molecule has 0 N–H and O–H groups in total. The summed E-state index contributed by atoms with van der Waals surface area (Å²) in [6, 6.07) is 0.552. The second-order valence-corrected chi connectivity index (χ2v) is 6.25. The highest BCUT2D eigenvalue weighted by molar-refractivity contribution is 7.10. The van der Waals surface area contributed by atoms with Crippen LogP contribution in [-0.2, 0) is 9.47 Å². The first-order valence-corrected chi connectivity index (χ1v) is 8.39. The van der Waals surface area contributed by atoms with E-state index in [2.05, 4.69) is 23.0 Å². The van der Waals surface area contributed by atoms with Crippen LogP contribution in [0.5, 0.6) is 0 Å². The summed E-state index contributed by atoms with van der Waals surface area (Å²) < 4.78 is 11.7. The van der Waals surface area contributed by atoms with Gasteiger partial charge in [-0.2, -0.15) is 0 Å². The largest absolute Gasteiger partial charge is 0.467 e. The molecule has 1 saturated heterocycles. The van der Waals surface area contributed by atoms with Crippen LogP contribution in [0.1, 0.15) is 43.9 Å². The Hall–Kier alpha value is -1.07. The number of unbranched alkanes of at least 4 members (excludes halogenated alkanes) is 1. The molecule has 110 valence electrons. The molecule has 0 spiro atoms. The quantitative estimate of drug-likeness (QED) is 0.833. The highest BCUT2D eigenvalue weighted by atomic mass is 32.1. The second-order valence-electron chi connectivity index (χ2n) is 5.36. The Labute approximate surface area is 124 Å². The van der Waals surface area contributed by atoms with E-state index in [-0.39, 0.29) is 6.23 Å². The fourth-order valence-electron chi connectivity index (χ4n) is 2.83. The molecule has 1 aromatic rings. The van der Waals surface area contributed by atoms with Gasteiger partial charge in [0, 0.05) is 38.1 Å². The lowest BCUT2D eigenvalue weighted by molar-refractivity contribution is -0.0127. The number of aromatic nitrogens is 1. The van der Waals surface area contributed by atoms with Crippen molar-refractivity contribution in [1.29, 1.82) is 0 Å². The molecule has 0 aliphatic carbocycles. The summed E-state index contributed by atoms with van der Waals surface area (Å²) in [6.45, 7) is 3.96. The predicted molar refractivity (Wildman–Crippen MR) is 80.2 cm³/mol. The van der Waals surface area contributed by atoms with Crippen LogP contribution < -0.4 is 0 Å². The fraction of sp³-hybridized carbons (Fsp3) is 0.667. The van der Waals surface area contributed by atoms with Gasteiger partial charge in [-0.15, -0.1) is 11.3 Å². The lowest BCUT2D eigenvalue weighted by atomic mass is 10.1. The molecule has 0 radical (unpaired) electrons. The molecule has 3 heterocycles. The average Bonchev–Trinajstić information content (AvgIpc) is 3.15. The van der Waals surface area contributed by atoms with E-state index in [9.17, 15) is 0 Å². The number of nitrogens with zero attached hydrogens (tertiary/aromatic N) is 2. The minimum absolute atomic E-state index is 0.190. The van der Waals surface area contributed by atoms with Crippen molar-refractivity contribution in [3.8, 4) is 0 Å². The zero-order valence-corrected chi connectivity index (χ0v) is 12.8. The smallest absolute Gasteiger partial charge is 0.172 e. The monoisotopic (exact) mass is 294 g/mol. The maximum absolute atomic E-state index is 6.19. The third kappa shape index (κ3) is 2.99. The van der Waals surface area contributed by atoms with Gasteiger partial charge in [0.05, 0.1) is 10.4 Å². The lowest BCUT2D eigenvalue weighted by Gasteiger charge is -2.34. The van der Waals surface area contributed by atoms with Crippen molar-refractivity contribution < 1.29 is 9.47 Å². The summed E-state index contributed by atoms with van der Waals surface area (Å²) in [5, 5.41) is 0. The van der Waals surface area contributed by atoms with Crippen molar-refractivity contribution in [2.24, 2.45) is 0 Å². The molecule has 1 fully saturated rings. The van der Waals surface area contributed by atoms with E-state index < -0.39 is 0 Å². The number of ether oxygens (including phenoxy) is 2. The third-order valence-corrected chi connectivity index (χ3v) is 4.74. The standard InChI is InChI=1S/C15H22N2O2S/c1-2-3-4-15-17(12-5-7-18-8-6-12)10-13(19-15)14-9-16-11-20-14/h9-12,15H,2-8H2,1H3. The SMILES string of the molecule is CCCCC1OC(c2cncs2)=CN1C1CCOCC1. The van der Waals surface area contributed by atoms with Gasteiger partial charge in [0.1, 0.15) is 0 Å². The van der Waals surface area contributed by atoms with Crippen LogP contribution in [0.3, 0.4) is 0 Å². The highest BCUT2D eigenvalue weighted by Crippen LogP contribution is 2.34. The van der Waals surface area contributed by atoms with E-state index in [1.165, 1.54) is 12.8 Å². The van der Waals surface area contributed by atoms with Crippen LogP contribution in [-0.4, -0.2) is 35.4 Å². The van der Waals surface area contributed by atoms with Crippen molar-refractivity contribution in [3.63, 3.8) is 0 Å². The van der Waals surface area contributed by atoms with Gasteiger partial charge in [0.15, 0.2) is 12.0 Å². The highest BCUT2D eigenvalue weighted by Gasteiger charge is 2.32. The second kappa shape index (κ2) is 6.59. The van der Waals surface area contributed by atoms with Crippen molar-refractivity contribution in [2.45, 2.75) is 51.3 Å². The molecule has 2 aliphatic rings. The molecule has 5 heteroatoms. The van der Waals surface area contributed by atoms with Crippen molar-refractivity contribution in [2.75, 3.05) is 13.2 Å². The van der Waals surface area contributed by atoms with Gasteiger partial charge in [0.2, 0.25) is 0 Å². The van der Waals surface area contributed by atoms with Crippen molar-refractivity contribution >= 4 is 17.1 Å². The van der Waals surface area contributed by atoms with Gasteiger partial charge in [-0.1, -0.05) is 13.3 Å². The summed E-state index contributed by atoms with van der Waals surface area (Å²) in [7, 11) is 0. The molecule has 1 unspecified atom stereocenters. The molecule has 1 atom stereocenters. The molecule has 0 aromatic carbocycles. The van der Waals surface area contributed by atoms with E-state index in [0.717, 1.165) is 43.1 Å². The number of hydrogen-bond donors (Lipinski definition) is 0. The summed E-state index contributed by atoms with van der Waals surface area (Å²) in [6.07, 6.45) is 9.97. The van der Waals surface area contributed by atoms with E-state index in [0.29, 0.717) is 6.04 Å². The Balaban J connectivity index is 1.74. The Morgan fingerprint density at radius 1 is 1.40 bits per heavy atom. The van der Waals surface area contributed by atoms with E-state index in [1.54, 1.807) is 11.3 Å². The number of rotatable bonds is 5. The van der Waals surface area contributed by atoms with Crippen LogP contribution in [0.25, 0.3) is 5.76 Å². The average molecular weight is 294 g/mol. The molecule has 4 nitrogen and oxygen atoms in total. The minimum Gasteiger partial charge on any atom is -0.467 e. The first-order chi connectivity index (χ1) is 9.88. The van der Waals surface area contributed by atoms with E-state index in [4.69, 9.17) is 9.47 Å². The summed E-state index contributed by atoms with van der Waals surface area (Å²) in [5.74, 6) is 0.986. The first kappa shape index (κ1) is 13.9. The number of hydrogen-bond acceptors (Lipinski definition) is 5. The topological polar surface area (TPSA) is 34.6 Å². The zero-order chi connectivity index (χ0) is 13.8. The van der Waals surface area contributed by atoms with Gasteiger partial charge in [-0.05, 0) is 19.3 Å². The predicted octanol–water partition coefficient (Wildman–Crippen LogP) is 3.47. The Morgan fingerprint density at radius 3 is 2.95 bits per heavy atom. The van der Waals surface area contributed by atoms with E-state index in [1.807, 2.05) is 11.7 Å². The molecule has 20 heavy (non-hydrogen) atoms. The maximum atomic E-state index is 6.19. The third-order valence-electron chi connectivity index (χ3n) is 3.95. The lowest BCUT2D eigenvalue weighted by Crippen LogP contribution is -2.40. The van der Waals surface area contributed by atoms with Crippen molar-refractivity contribution in [1.82, 2.24) is 9.88 Å². The first-order valence-electron chi connectivity index (χ1n) is 7.51. The van der Waals surface area contributed by atoms with E-state index >= 15 is 0 Å². The van der Waals surface area contributed by atoms with Crippen LogP contribution in [0.2, 0.25) is 0 Å². The van der Waals surface area contributed by atoms with Crippen LogP contribution in [0.4, 0.5) is 0 Å². The molecule has 0 bridgehead atoms. The zero-order valence-electron chi connectivity index (χ0n) is 12.0. The Kier molecular flexibility index (Phi) is 4.58. The molecule has 0 amide bonds. The Morgan fingerprint density at radius 2 is 2.25 bits per heavy atom. The summed E-state index contributed by atoms with van der Waals surface area (Å²) >= 11 is 1.64. The Bertz CT molecular complexity index is 441. The van der Waals surface area contributed by atoms with Crippen LogP contribution in [0, 0.1) is 0 Å². The van der Waals surface area contributed by atoms with Gasteiger partial charge in [0.25, 0.3) is 0 Å². The summed E-state index contributed by atoms with van der Waals surface area (Å²) in [4.78, 5) is 7.70. The van der Waals surface area contributed by atoms with Crippen molar-refractivity contribution in [3.05, 3.63) is 22.8 Å². The molecule has 1 aromatic heterocycles. The van der Waals surface area contributed by atoms with Gasteiger partial charge in [-0.3, -0.25) is 4.98 Å². The minimum atomic E-state index is 0.190. The van der Waals surface area contributed by atoms with Gasteiger partial charge >= 0.3 is 0 Å². The fourth-order valence-corrected chi connectivity index (χ4v) is 3.40. The molecular weight excluding hydrogens is 272 g/mol. The number of thiazole rings is 1. The van der Waals surface area contributed by atoms with Gasteiger partial charge < -0.3 is 14.4 Å². The van der Waals surface area contributed by atoms with Gasteiger partial charge in [-0.25, -0.2) is 0 Å². The summed E-state index contributed by atoms with van der Waals surface area (Å²) in [5.41, 5.74) is 1.86. The molecule has 2 aliphatic heterocycles. The normalized spacial score (nSPS) is 23.8. The van der Waals surface area contributed by atoms with Crippen LogP contribution >= 0.6 is 11.3 Å². The molecule has 3 rings (SSSR count). The molecular formula is C15H22N2O2S. The molecule has 0 saturated carbocycles. The maximum Gasteiger partial charge on any atom is 0.172 e.